The molecule has 0 bridgehead atoms. The lowest BCUT2D eigenvalue weighted by Gasteiger charge is -2.27. The molecule has 1 aromatic heterocycles. The third-order valence-corrected chi connectivity index (χ3v) is 3.76. The van der Waals surface area contributed by atoms with Gasteiger partial charge >= 0.3 is 0 Å². The first-order valence-electron chi connectivity index (χ1n) is 6.79. The molecule has 1 aromatic carbocycles. The average Bonchev–Trinajstić information content (AvgIpc) is 2.42. The fourth-order valence-corrected chi connectivity index (χ4v) is 2.66. The van der Waals surface area contributed by atoms with Gasteiger partial charge in [-0.25, -0.2) is 4.39 Å². The maximum atomic E-state index is 13.2. The van der Waals surface area contributed by atoms with Gasteiger partial charge in [-0.15, -0.1) is 0 Å². The van der Waals surface area contributed by atoms with Gasteiger partial charge in [0.1, 0.15) is 5.82 Å². The van der Waals surface area contributed by atoms with Crippen LogP contribution >= 0.6 is 11.6 Å². The first-order chi connectivity index (χ1) is 10.0. The number of hydrogen-bond acceptors (Lipinski definition) is 3. The largest absolute Gasteiger partial charge is 0.329 e. The molecule has 0 amide bonds. The summed E-state index contributed by atoms with van der Waals surface area (Å²) in [6, 6.07) is 10.2. The number of hydrogen-bond donors (Lipinski definition) is 1. The van der Waals surface area contributed by atoms with Crippen molar-refractivity contribution in [2.75, 3.05) is 13.6 Å². The molecule has 2 rings (SSSR count). The maximum absolute atomic E-state index is 13.2. The lowest BCUT2D eigenvalue weighted by Crippen LogP contribution is -2.30. The van der Waals surface area contributed by atoms with E-state index in [1.54, 1.807) is 6.07 Å². The Morgan fingerprint density at radius 2 is 2.10 bits per heavy atom. The molecule has 0 saturated carbocycles. The number of nitrogens with zero attached hydrogens (tertiary/aromatic N) is 2. The molecule has 0 saturated heterocycles. The van der Waals surface area contributed by atoms with Crippen molar-refractivity contribution in [3.8, 4) is 0 Å². The van der Waals surface area contributed by atoms with Crippen LogP contribution in [0.5, 0.6) is 0 Å². The molecule has 0 aliphatic heterocycles. The van der Waals surface area contributed by atoms with Crippen molar-refractivity contribution in [1.82, 2.24) is 9.88 Å². The Morgan fingerprint density at radius 1 is 1.33 bits per heavy atom. The zero-order valence-corrected chi connectivity index (χ0v) is 12.9. The SMILES string of the molecule is Cc1cccc(CN(C)C(CN)c2ccc(F)cc2Cl)n1. The van der Waals surface area contributed by atoms with E-state index in [1.807, 2.05) is 32.2 Å². The molecule has 3 nitrogen and oxygen atoms in total. The van der Waals surface area contributed by atoms with Crippen LogP contribution in [0, 0.1) is 12.7 Å². The van der Waals surface area contributed by atoms with Crippen LogP contribution in [0.2, 0.25) is 5.02 Å². The van der Waals surface area contributed by atoms with Crippen LogP contribution in [0.4, 0.5) is 4.39 Å². The van der Waals surface area contributed by atoms with Gasteiger partial charge < -0.3 is 5.73 Å². The summed E-state index contributed by atoms with van der Waals surface area (Å²) >= 11 is 6.14. The molecule has 112 valence electrons. The number of pyridine rings is 1. The van der Waals surface area contributed by atoms with Crippen molar-refractivity contribution in [3.63, 3.8) is 0 Å². The van der Waals surface area contributed by atoms with Crippen molar-refractivity contribution in [2.45, 2.75) is 19.5 Å². The summed E-state index contributed by atoms with van der Waals surface area (Å²) in [5.41, 5.74) is 8.65. The summed E-state index contributed by atoms with van der Waals surface area (Å²) in [5, 5.41) is 0.398. The minimum absolute atomic E-state index is 0.0830. The van der Waals surface area contributed by atoms with Crippen molar-refractivity contribution in [1.29, 1.82) is 0 Å². The predicted octanol–water partition coefficient (Wildman–Crippen LogP) is 3.31. The fourth-order valence-electron chi connectivity index (χ4n) is 2.37. The molecule has 1 heterocycles. The minimum Gasteiger partial charge on any atom is -0.329 e. The van der Waals surface area contributed by atoms with Gasteiger partial charge in [-0.3, -0.25) is 9.88 Å². The molecule has 0 radical (unpaired) electrons. The van der Waals surface area contributed by atoms with E-state index in [2.05, 4.69) is 9.88 Å². The Balaban J connectivity index is 2.20. The van der Waals surface area contributed by atoms with Gasteiger partial charge in [-0.2, -0.15) is 0 Å². The molecule has 0 spiro atoms. The van der Waals surface area contributed by atoms with E-state index in [1.165, 1.54) is 12.1 Å². The monoisotopic (exact) mass is 307 g/mol. The van der Waals surface area contributed by atoms with Crippen molar-refractivity contribution in [3.05, 3.63) is 64.2 Å². The number of likely N-dealkylation sites (N-methyl/N-ethyl adjacent to an activating group) is 1. The topological polar surface area (TPSA) is 42.1 Å². The molecule has 2 N–H and O–H groups in total. The predicted molar refractivity (Wildman–Crippen MR) is 83.6 cm³/mol. The van der Waals surface area contributed by atoms with E-state index >= 15 is 0 Å². The van der Waals surface area contributed by atoms with Gasteiger partial charge in [0, 0.05) is 29.8 Å². The zero-order valence-electron chi connectivity index (χ0n) is 12.2. The van der Waals surface area contributed by atoms with Crippen molar-refractivity contribution >= 4 is 11.6 Å². The molecule has 0 aliphatic rings. The molecule has 21 heavy (non-hydrogen) atoms. The Bertz CT molecular complexity index is 618. The van der Waals surface area contributed by atoms with Crippen LogP contribution in [0.3, 0.4) is 0 Å². The van der Waals surface area contributed by atoms with Gasteiger partial charge in [0.05, 0.1) is 5.69 Å². The van der Waals surface area contributed by atoms with Crippen LogP contribution in [-0.4, -0.2) is 23.5 Å². The number of halogens is 2. The highest BCUT2D eigenvalue weighted by Gasteiger charge is 2.19. The summed E-state index contributed by atoms with van der Waals surface area (Å²) in [7, 11) is 1.96. The van der Waals surface area contributed by atoms with E-state index in [9.17, 15) is 4.39 Å². The summed E-state index contributed by atoms with van der Waals surface area (Å²) in [6.45, 7) is 3.01. The average molecular weight is 308 g/mol. The summed E-state index contributed by atoms with van der Waals surface area (Å²) < 4.78 is 13.2. The first-order valence-corrected chi connectivity index (χ1v) is 7.17. The van der Waals surface area contributed by atoms with Crippen LogP contribution in [0.25, 0.3) is 0 Å². The van der Waals surface area contributed by atoms with Gasteiger partial charge in [0.25, 0.3) is 0 Å². The molecule has 1 unspecified atom stereocenters. The van der Waals surface area contributed by atoms with Crippen molar-refractivity contribution in [2.24, 2.45) is 5.73 Å². The molecule has 1 atom stereocenters. The minimum atomic E-state index is -0.345. The first kappa shape index (κ1) is 15.9. The second kappa shape index (κ2) is 6.98. The van der Waals surface area contributed by atoms with Crippen LogP contribution in [-0.2, 0) is 6.54 Å². The van der Waals surface area contributed by atoms with E-state index in [0.717, 1.165) is 17.0 Å². The van der Waals surface area contributed by atoms with Gasteiger partial charge in [-0.1, -0.05) is 23.7 Å². The number of aromatic nitrogens is 1. The van der Waals surface area contributed by atoms with E-state index in [-0.39, 0.29) is 11.9 Å². The number of nitrogens with two attached hydrogens (primary N) is 1. The molecule has 0 aliphatic carbocycles. The van der Waals surface area contributed by atoms with Crippen LogP contribution in [0.15, 0.2) is 36.4 Å². The third-order valence-electron chi connectivity index (χ3n) is 3.43. The maximum Gasteiger partial charge on any atom is 0.124 e. The highest BCUT2D eigenvalue weighted by Crippen LogP contribution is 2.27. The number of rotatable bonds is 5. The lowest BCUT2D eigenvalue weighted by atomic mass is 10.1. The highest BCUT2D eigenvalue weighted by atomic mass is 35.5. The van der Waals surface area contributed by atoms with E-state index in [4.69, 9.17) is 17.3 Å². The molecule has 0 fully saturated rings. The Kier molecular flexibility index (Phi) is 5.28. The van der Waals surface area contributed by atoms with E-state index in [0.29, 0.717) is 18.1 Å². The Morgan fingerprint density at radius 3 is 2.71 bits per heavy atom. The summed E-state index contributed by atoms with van der Waals surface area (Å²) in [6.07, 6.45) is 0. The lowest BCUT2D eigenvalue weighted by molar-refractivity contribution is 0.239. The Labute approximate surface area is 129 Å². The molecule has 5 heteroatoms. The van der Waals surface area contributed by atoms with E-state index < -0.39 is 0 Å². The number of benzene rings is 1. The van der Waals surface area contributed by atoms with Crippen LogP contribution in [0.1, 0.15) is 23.0 Å². The molecular weight excluding hydrogens is 289 g/mol. The quantitative estimate of drug-likeness (QED) is 0.921. The molecule has 2 aromatic rings. The fraction of sp³-hybridized carbons (Fsp3) is 0.312. The second-order valence-corrected chi connectivity index (χ2v) is 5.51. The number of aryl methyl sites for hydroxylation is 1. The summed E-state index contributed by atoms with van der Waals surface area (Å²) in [4.78, 5) is 6.55. The summed E-state index contributed by atoms with van der Waals surface area (Å²) in [5.74, 6) is -0.345. The molecular formula is C16H19ClFN3. The van der Waals surface area contributed by atoms with Gasteiger partial charge in [0.15, 0.2) is 0 Å². The standard InChI is InChI=1S/C16H19ClFN3/c1-11-4-3-5-13(20-11)10-21(2)16(9-19)14-7-6-12(18)8-15(14)17/h3-8,16H,9-10,19H2,1-2H3. The van der Waals surface area contributed by atoms with Crippen molar-refractivity contribution < 1.29 is 4.39 Å². The second-order valence-electron chi connectivity index (χ2n) is 5.10. The van der Waals surface area contributed by atoms with Gasteiger partial charge in [0.2, 0.25) is 0 Å². The third kappa shape index (κ3) is 4.00. The smallest absolute Gasteiger partial charge is 0.124 e. The zero-order chi connectivity index (χ0) is 15.4. The van der Waals surface area contributed by atoms with Gasteiger partial charge in [-0.05, 0) is 43.8 Å². The highest BCUT2D eigenvalue weighted by molar-refractivity contribution is 6.31. The van der Waals surface area contributed by atoms with Crippen LogP contribution < -0.4 is 5.73 Å². The normalized spacial score (nSPS) is 12.7. The Hall–Kier alpha value is -1.49.